The normalized spacial score (nSPS) is 13.9. The van der Waals surface area contributed by atoms with Crippen molar-refractivity contribution >= 4 is 16.8 Å². The lowest BCUT2D eigenvalue weighted by atomic mass is 9.91. The van der Waals surface area contributed by atoms with Crippen LogP contribution in [0, 0.1) is 6.92 Å². The topological polar surface area (TPSA) is 66.0 Å². The molecule has 2 N–H and O–H groups in total. The van der Waals surface area contributed by atoms with Gasteiger partial charge in [-0.2, -0.15) is 0 Å². The summed E-state index contributed by atoms with van der Waals surface area (Å²) >= 11 is 0. The van der Waals surface area contributed by atoms with E-state index in [2.05, 4.69) is 9.97 Å². The standard InChI is InChI=1S/C19H20N2O2/c1-13-7-9-14(10-8-13)11-17(22)19(2,23)12-18-20-15-5-3-4-6-16(15)21-18/h3-10,23H,11-12H2,1-2H3,(H,20,21)/t19-/m0/s1. The molecule has 1 heterocycles. The van der Waals surface area contributed by atoms with E-state index in [4.69, 9.17) is 0 Å². The predicted molar refractivity (Wildman–Crippen MR) is 90.3 cm³/mol. The number of carbonyl (C=O) groups excluding carboxylic acids is 1. The number of ketones is 1. The van der Waals surface area contributed by atoms with E-state index in [-0.39, 0.29) is 18.6 Å². The van der Waals surface area contributed by atoms with Crippen molar-refractivity contribution in [3.8, 4) is 0 Å². The molecule has 0 aliphatic heterocycles. The van der Waals surface area contributed by atoms with Crippen LogP contribution in [0.25, 0.3) is 11.0 Å². The van der Waals surface area contributed by atoms with Crippen LogP contribution in [-0.2, 0) is 17.6 Å². The number of aryl methyl sites for hydroxylation is 1. The molecule has 0 saturated heterocycles. The van der Waals surface area contributed by atoms with E-state index in [1.807, 2.05) is 55.5 Å². The summed E-state index contributed by atoms with van der Waals surface area (Å²) < 4.78 is 0. The summed E-state index contributed by atoms with van der Waals surface area (Å²) in [6.07, 6.45) is 0.389. The van der Waals surface area contributed by atoms with Gasteiger partial charge < -0.3 is 10.1 Å². The molecule has 0 spiro atoms. The molecule has 3 rings (SSSR count). The fraction of sp³-hybridized carbons (Fsp3) is 0.263. The molecule has 0 amide bonds. The number of nitrogens with zero attached hydrogens (tertiary/aromatic N) is 1. The van der Waals surface area contributed by atoms with Crippen molar-refractivity contribution in [2.24, 2.45) is 0 Å². The first-order valence-electron chi connectivity index (χ1n) is 7.69. The summed E-state index contributed by atoms with van der Waals surface area (Å²) in [7, 11) is 0. The largest absolute Gasteiger partial charge is 0.382 e. The molecule has 1 atom stereocenters. The number of Topliss-reactive ketones (excluding diaryl/α,β-unsaturated/α-hetero) is 1. The third-order valence-corrected chi connectivity index (χ3v) is 4.04. The maximum atomic E-state index is 12.4. The second-order valence-corrected chi connectivity index (χ2v) is 6.24. The van der Waals surface area contributed by atoms with Gasteiger partial charge in [0.1, 0.15) is 11.4 Å². The second kappa shape index (κ2) is 5.97. The van der Waals surface area contributed by atoms with E-state index in [0.717, 1.165) is 22.2 Å². The Labute approximate surface area is 135 Å². The minimum atomic E-state index is -1.45. The van der Waals surface area contributed by atoms with Crippen molar-refractivity contribution in [2.45, 2.75) is 32.3 Å². The molecule has 23 heavy (non-hydrogen) atoms. The number of rotatable bonds is 5. The Kier molecular flexibility index (Phi) is 4.01. The first-order chi connectivity index (χ1) is 10.9. The third-order valence-electron chi connectivity index (χ3n) is 4.04. The summed E-state index contributed by atoms with van der Waals surface area (Å²) in [5.41, 5.74) is 2.35. The van der Waals surface area contributed by atoms with Gasteiger partial charge in [0.15, 0.2) is 5.78 Å². The van der Waals surface area contributed by atoms with Crippen LogP contribution >= 0.6 is 0 Å². The first kappa shape index (κ1) is 15.4. The monoisotopic (exact) mass is 308 g/mol. The highest BCUT2D eigenvalue weighted by Crippen LogP contribution is 2.18. The Morgan fingerprint density at radius 2 is 1.87 bits per heavy atom. The lowest BCUT2D eigenvalue weighted by Crippen LogP contribution is -2.39. The maximum absolute atomic E-state index is 12.4. The van der Waals surface area contributed by atoms with Crippen LogP contribution in [0.15, 0.2) is 48.5 Å². The zero-order valence-electron chi connectivity index (χ0n) is 13.3. The summed E-state index contributed by atoms with van der Waals surface area (Å²) in [5, 5.41) is 10.6. The van der Waals surface area contributed by atoms with Crippen molar-refractivity contribution < 1.29 is 9.90 Å². The Balaban J connectivity index is 1.74. The number of nitrogens with one attached hydrogen (secondary N) is 1. The molecule has 0 unspecified atom stereocenters. The molecule has 4 nitrogen and oxygen atoms in total. The van der Waals surface area contributed by atoms with Gasteiger partial charge in [-0.25, -0.2) is 4.98 Å². The van der Waals surface area contributed by atoms with Crippen LogP contribution in [0.3, 0.4) is 0 Å². The van der Waals surface area contributed by atoms with Crippen LogP contribution in [-0.4, -0.2) is 26.5 Å². The van der Waals surface area contributed by atoms with Gasteiger partial charge in [-0.05, 0) is 31.5 Å². The quantitative estimate of drug-likeness (QED) is 0.761. The molecule has 118 valence electrons. The zero-order chi connectivity index (χ0) is 16.4. The average Bonchev–Trinajstić information content (AvgIpc) is 2.90. The number of aromatic nitrogens is 2. The third kappa shape index (κ3) is 3.48. The molecule has 0 bridgehead atoms. The minimum absolute atomic E-state index is 0.173. The van der Waals surface area contributed by atoms with Gasteiger partial charge in [-0.3, -0.25) is 4.79 Å². The van der Waals surface area contributed by atoms with Gasteiger partial charge in [-0.15, -0.1) is 0 Å². The molecule has 0 saturated carbocycles. The van der Waals surface area contributed by atoms with Crippen LogP contribution in [0.1, 0.15) is 23.9 Å². The van der Waals surface area contributed by atoms with Gasteiger partial charge in [-0.1, -0.05) is 42.0 Å². The molecule has 4 heteroatoms. The van der Waals surface area contributed by atoms with Crippen LogP contribution < -0.4 is 0 Å². The minimum Gasteiger partial charge on any atom is -0.382 e. The molecule has 0 aliphatic carbocycles. The number of hydrogen-bond acceptors (Lipinski definition) is 3. The molecule has 0 fully saturated rings. The van der Waals surface area contributed by atoms with Crippen LogP contribution in [0.5, 0.6) is 0 Å². The van der Waals surface area contributed by atoms with Gasteiger partial charge in [0.2, 0.25) is 0 Å². The number of imidazole rings is 1. The summed E-state index contributed by atoms with van der Waals surface area (Å²) in [6, 6.07) is 15.4. The SMILES string of the molecule is Cc1ccc(CC(=O)[C@@](C)(O)Cc2nc3ccccc3[nH]2)cc1. The highest BCUT2D eigenvalue weighted by atomic mass is 16.3. The second-order valence-electron chi connectivity index (χ2n) is 6.24. The Morgan fingerprint density at radius 1 is 1.17 bits per heavy atom. The fourth-order valence-electron chi connectivity index (χ4n) is 2.60. The van der Waals surface area contributed by atoms with Crippen molar-refractivity contribution in [3.05, 3.63) is 65.5 Å². The number of aromatic amines is 1. The van der Waals surface area contributed by atoms with E-state index >= 15 is 0 Å². The predicted octanol–water partition coefficient (Wildman–Crippen LogP) is 2.98. The highest BCUT2D eigenvalue weighted by Gasteiger charge is 2.31. The molecule has 3 aromatic rings. The van der Waals surface area contributed by atoms with Gasteiger partial charge >= 0.3 is 0 Å². The highest BCUT2D eigenvalue weighted by molar-refractivity contribution is 5.89. The Bertz CT molecular complexity index is 799. The summed E-state index contributed by atoms with van der Waals surface area (Å²) in [4.78, 5) is 20.0. The van der Waals surface area contributed by atoms with Gasteiger partial charge in [0.25, 0.3) is 0 Å². The van der Waals surface area contributed by atoms with E-state index in [9.17, 15) is 9.90 Å². The lowest BCUT2D eigenvalue weighted by molar-refractivity contribution is -0.135. The zero-order valence-corrected chi connectivity index (χ0v) is 13.3. The number of carbonyl (C=O) groups is 1. The van der Waals surface area contributed by atoms with Crippen molar-refractivity contribution in [3.63, 3.8) is 0 Å². The van der Waals surface area contributed by atoms with E-state index in [0.29, 0.717) is 5.82 Å². The molecular weight excluding hydrogens is 288 g/mol. The molecular formula is C19H20N2O2. The fourth-order valence-corrected chi connectivity index (χ4v) is 2.60. The van der Waals surface area contributed by atoms with Crippen molar-refractivity contribution in [2.75, 3.05) is 0 Å². The smallest absolute Gasteiger partial charge is 0.168 e. The number of hydrogen-bond donors (Lipinski definition) is 2. The molecule has 0 radical (unpaired) electrons. The first-order valence-corrected chi connectivity index (χ1v) is 7.69. The number of fused-ring (bicyclic) bond motifs is 1. The molecule has 1 aromatic heterocycles. The average molecular weight is 308 g/mol. The molecule has 0 aliphatic rings. The van der Waals surface area contributed by atoms with Crippen molar-refractivity contribution in [1.29, 1.82) is 0 Å². The number of aliphatic hydroxyl groups is 1. The number of H-pyrrole nitrogens is 1. The number of para-hydroxylation sites is 2. The van der Waals surface area contributed by atoms with Crippen LogP contribution in [0.4, 0.5) is 0 Å². The Hall–Kier alpha value is -2.46. The summed E-state index contributed by atoms with van der Waals surface area (Å²) in [5.74, 6) is 0.412. The van der Waals surface area contributed by atoms with E-state index in [1.165, 1.54) is 0 Å². The van der Waals surface area contributed by atoms with Crippen molar-refractivity contribution in [1.82, 2.24) is 9.97 Å². The maximum Gasteiger partial charge on any atom is 0.168 e. The lowest BCUT2D eigenvalue weighted by Gasteiger charge is -2.20. The van der Waals surface area contributed by atoms with Crippen LogP contribution in [0.2, 0.25) is 0 Å². The molecule has 2 aromatic carbocycles. The number of benzene rings is 2. The Morgan fingerprint density at radius 3 is 2.57 bits per heavy atom. The van der Waals surface area contributed by atoms with Gasteiger partial charge in [0.05, 0.1) is 11.0 Å². The van der Waals surface area contributed by atoms with E-state index < -0.39 is 5.60 Å². The van der Waals surface area contributed by atoms with E-state index in [1.54, 1.807) is 6.92 Å². The summed E-state index contributed by atoms with van der Waals surface area (Å²) in [6.45, 7) is 3.56. The van der Waals surface area contributed by atoms with Gasteiger partial charge in [0, 0.05) is 12.8 Å².